The summed E-state index contributed by atoms with van der Waals surface area (Å²) in [5.74, 6) is 1.08. The van der Waals surface area contributed by atoms with E-state index in [1.165, 1.54) is 0 Å². The molecule has 0 radical (unpaired) electrons. The fourth-order valence-corrected chi connectivity index (χ4v) is 3.37. The second kappa shape index (κ2) is 7.37. The van der Waals surface area contributed by atoms with Crippen LogP contribution in [-0.2, 0) is 0 Å². The van der Waals surface area contributed by atoms with Crippen molar-refractivity contribution in [1.82, 2.24) is 24.9 Å². The second-order valence-electron chi connectivity index (χ2n) is 6.43. The van der Waals surface area contributed by atoms with E-state index in [-0.39, 0.29) is 5.28 Å². The van der Waals surface area contributed by atoms with E-state index in [0.29, 0.717) is 11.6 Å². The maximum atomic E-state index is 6.16. The van der Waals surface area contributed by atoms with Crippen molar-refractivity contribution in [3.8, 4) is 34.0 Å². The molecular formula is C23H14ClN5. The third-order valence-electron chi connectivity index (χ3n) is 4.60. The fourth-order valence-electron chi connectivity index (χ4n) is 3.21. The van der Waals surface area contributed by atoms with Gasteiger partial charge in [-0.15, -0.1) is 0 Å². The number of hydrogen-bond donors (Lipinski definition) is 0. The average molecular weight is 396 g/mol. The smallest absolute Gasteiger partial charge is 0.226 e. The van der Waals surface area contributed by atoms with E-state index in [1.54, 1.807) is 6.33 Å². The van der Waals surface area contributed by atoms with Gasteiger partial charge in [-0.25, -0.2) is 15.0 Å². The molecule has 0 aliphatic heterocycles. The predicted octanol–water partition coefficient (Wildman–Crippen LogP) is 5.47. The molecule has 0 spiro atoms. The van der Waals surface area contributed by atoms with Crippen LogP contribution in [0.2, 0.25) is 5.28 Å². The Bertz CT molecular complexity index is 1300. The minimum Gasteiger partial charge on any atom is -0.236 e. The molecule has 0 aliphatic carbocycles. The molecular weight excluding hydrogens is 382 g/mol. The minimum absolute atomic E-state index is 0.166. The summed E-state index contributed by atoms with van der Waals surface area (Å²) in [4.78, 5) is 22.0. The Morgan fingerprint density at radius 3 is 1.93 bits per heavy atom. The molecule has 0 fully saturated rings. The van der Waals surface area contributed by atoms with Crippen molar-refractivity contribution in [1.29, 1.82) is 0 Å². The first kappa shape index (κ1) is 17.4. The van der Waals surface area contributed by atoms with Crippen molar-refractivity contribution in [2.24, 2.45) is 0 Å². The van der Waals surface area contributed by atoms with Gasteiger partial charge in [0.05, 0.1) is 11.2 Å². The molecule has 0 saturated heterocycles. The molecule has 2 aromatic heterocycles. The summed E-state index contributed by atoms with van der Waals surface area (Å²) in [5, 5.41) is 1.18. The normalized spacial score (nSPS) is 10.9. The maximum absolute atomic E-state index is 6.16. The van der Waals surface area contributed by atoms with Crippen LogP contribution < -0.4 is 0 Å². The standard InChI is InChI=1S/C23H14ClN5/c24-23-28-21(16-6-2-1-3-7-16)27-22(29-23)17-12-10-15(11-13-17)20-18-8-4-5-9-19(18)25-14-26-20/h1-14H. The van der Waals surface area contributed by atoms with Crippen LogP contribution in [0.15, 0.2) is 85.2 Å². The molecule has 0 unspecified atom stereocenters. The lowest BCUT2D eigenvalue weighted by atomic mass is 10.0. The quantitative estimate of drug-likeness (QED) is 0.405. The SMILES string of the molecule is Clc1nc(-c2ccccc2)nc(-c2ccc(-c3ncnc4ccccc34)cc2)n1. The van der Waals surface area contributed by atoms with Crippen LogP contribution in [0.5, 0.6) is 0 Å². The van der Waals surface area contributed by atoms with Crippen molar-refractivity contribution in [3.63, 3.8) is 0 Å². The summed E-state index contributed by atoms with van der Waals surface area (Å²) in [6.45, 7) is 0. The van der Waals surface area contributed by atoms with Gasteiger partial charge in [0, 0.05) is 22.1 Å². The van der Waals surface area contributed by atoms with Crippen LogP contribution in [-0.4, -0.2) is 24.9 Å². The highest BCUT2D eigenvalue weighted by Crippen LogP contribution is 2.28. The van der Waals surface area contributed by atoms with Gasteiger partial charge in [-0.1, -0.05) is 72.8 Å². The number of hydrogen-bond acceptors (Lipinski definition) is 5. The van der Waals surface area contributed by atoms with Crippen LogP contribution in [0.4, 0.5) is 0 Å². The van der Waals surface area contributed by atoms with Crippen molar-refractivity contribution in [2.45, 2.75) is 0 Å². The van der Waals surface area contributed by atoms with E-state index in [1.807, 2.05) is 78.9 Å². The lowest BCUT2D eigenvalue weighted by molar-refractivity contribution is 1.07. The topological polar surface area (TPSA) is 64.5 Å². The van der Waals surface area contributed by atoms with Crippen molar-refractivity contribution < 1.29 is 0 Å². The Kier molecular flexibility index (Phi) is 4.42. The summed E-state index contributed by atoms with van der Waals surface area (Å²) in [6.07, 6.45) is 1.59. The van der Waals surface area contributed by atoms with E-state index < -0.39 is 0 Å². The van der Waals surface area contributed by atoms with Crippen LogP contribution in [0.3, 0.4) is 0 Å². The summed E-state index contributed by atoms with van der Waals surface area (Å²) in [7, 11) is 0. The Morgan fingerprint density at radius 1 is 0.552 bits per heavy atom. The highest BCUT2D eigenvalue weighted by molar-refractivity contribution is 6.28. The molecule has 3 aromatic carbocycles. The first-order valence-electron chi connectivity index (χ1n) is 9.05. The van der Waals surface area contributed by atoms with Crippen LogP contribution in [0, 0.1) is 0 Å². The van der Waals surface area contributed by atoms with E-state index in [0.717, 1.165) is 33.3 Å². The number of nitrogens with zero attached hydrogens (tertiary/aromatic N) is 5. The number of fused-ring (bicyclic) bond motifs is 1. The van der Waals surface area contributed by atoms with Gasteiger partial charge < -0.3 is 0 Å². The highest BCUT2D eigenvalue weighted by Gasteiger charge is 2.11. The predicted molar refractivity (Wildman–Crippen MR) is 114 cm³/mol. The zero-order valence-electron chi connectivity index (χ0n) is 15.2. The average Bonchev–Trinajstić information content (AvgIpc) is 2.79. The Hall–Kier alpha value is -3.70. The molecule has 0 bridgehead atoms. The van der Waals surface area contributed by atoms with Gasteiger partial charge >= 0.3 is 0 Å². The Morgan fingerprint density at radius 2 is 1.17 bits per heavy atom. The monoisotopic (exact) mass is 395 g/mol. The molecule has 5 rings (SSSR count). The van der Waals surface area contributed by atoms with Gasteiger partial charge in [0.1, 0.15) is 6.33 Å². The zero-order valence-corrected chi connectivity index (χ0v) is 16.0. The van der Waals surface area contributed by atoms with E-state index in [4.69, 9.17) is 11.6 Å². The van der Waals surface area contributed by atoms with E-state index in [9.17, 15) is 0 Å². The number of halogens is 1. The summed E-state index contributed by atoms with van der Waals surface area (Å²) >= 11 is 6.16. The van der Waals surface area contributed by atoms with Crippen LogP contribution in [0.1, 0.15) is 0 Å². The van der Waals surface area contributed by atoms with Gasteiger partial charge in [0.2, 0.25) is 5.28 Å². The number of para-hydroxylation sites is 1. The summed E-state index contributed by atoms with van der Waals surface area (Å²) in [6, 6.07) is 25.6. The number of aromatic nitrogens is 5. The molecule has 6 heteroatoms. The molecule has 0 amide bonds. The third-order valence-corrected chi connectivity index (χ3v) is 4.77. The molecule has 5 aromatic rings. The number of rotatable bonds is 3. The fraction of sp³-hybridized carbons (Fsp3) is 0. The molecule has 138 valence electrons. The van der Waals surface area contributed by atoms with Crippen molar-refractivity contribution in [3.05, 3.63) is 90.5 Å². The van der Waals surface area contributed by atoms with Gasteiger partial charge in [0.15, 0.2) is 11.6 Å². The summed E-state index contributed by atoms with van der Waals surface area (Å²) in [5.41, 5.74) is 4.55. The molecule has 5 nitrogen and oxygen atoms in total. The van der Waals surface area contributed by atoms with Crippen molar-refractivity contribution >= 4 is 22.5 Å². The van der Waals surface area contributed by atoms with Crippen LogP contribution in [0.25, 0.3) is 44.9 Å². The van der Waals surface area contributed by atoms with E-state index >= 15 is 0 Å². The largest absolute Gasteiger partial charge is 0.236 e. The molecule has 29 heavy (non-hydrogen) atoms. The lowest BCUT2D eigenvalue weighted by Gasteiger charge is -2.07. The number of benzene rings is 3. The zero-order chi connectivity index (χ0) is 19.6. The maximum Gasteiger partial charge on any atom is 0.226 e. The summed E-state index contributed by atoms with van der Waals surface area (Å²) < 4.78 is 0. The Labute approximate surface area is 172 Å². The van der Waals surface area contributed by atoms with Gasteiger partial charge in [-0.3, -0.25) is 0 Å². The molecule has 0 aliphatic rings. The minimum atomic E-state index is 0.166. The third kappa shape index (κ3) is 3.44. The lowest BCUT2D eigenvalue weighted by Crippen LogP contribution is -1.97. The molecule has 0 atom stereocenters. The highest BCUT2D eigenvalue weighted by atomic mass is 35.5. The van der Waals surface area contributed by atoms with Crippen LogP contribution >= 0.6 is 11.6 Å². The second-order valence-corrected chi connectivity index (χ2v) is 6.77. The van der Waals surface area contributed by atoms with Gasteiger partial charge in [-0.05, 0) is 17.7 Å². The van der Waals surface area contributed by atoms with Crippen molar-refractivity contribution in [2.75, 3.05) is 0 Å². The molecule has 2 heterocycles. The van der Waals surface area contributed by atoms with Gasteiger partial charge in [-0.2, -0.15) is 9.97 Å². The van der Waals surface area contributed by atoms with E-state index in [2.05, 4.69) is 24.9 Å². The first-order valence-corrected chi connectivity index (χ1v) is 9.43. The first-order chi connectivity index (χ1) is 14.3. The molecule has 0 N–H and O–H groups in total. The molecule has 0 saturated carbocycles. The van der Waals surface area contributed by atoms with Gasteiger partial charge in [0.25, 0.3) is 0 Å². The Balaban J connectivity index is 1.55.